The molecule has 2 rings (SSSR count). The lowest BCUT2D eigenvalue weighted by Crippen LogP contribution is -2.38. The summed E-state index contributed by atoms with van der Waals surface area (Å²) in [6, 6.07) is 6.58. The third kappa shape index (κ3) is 3.26. The second-order valence-corrected chi connectivity index (χ2v) is 5.40. The highest BCUT2D eigenvalue weighted by atomic mass is 32.2. The van der Waals surface area contributed by atoms with E-state index in [1.54, 1.807) is 18.2 Å². The summed E-state index contributed by atoms with van der Waals surface area (Å²) in [7, 11) is 0. The minimum Gasteiger partial charge on any atom is -0.478 e. The van der Waals surface area contributed by atoms with Gasteiger partial charge in [0.2, 0.25) is 5.91 Å². The molecule has 1 aromatic carbocycles. The van der Waals surface area contributed by atoms with Gasteiger partial charge in [-0.3, -0.25) is 4.79 Å². The second-order valence-electron chi connectivity index (χ2n) is 4.18. The summed E-state index contributed by atoms with van der Waals surface area (Å²) >= 11 is 1.86. The quantitative estimate of drug-likeness (QED) is 0.900. The molecule has 0 saturated carbocycles. The van der Waals surface area contributed by atoms with Crippen molar-refractivity contribution < 1.29 is 14.7 Å². The Balaban J connectivity index is 2.02. The Morgan fingerprint density at radius 2 is 2.00 bits per heavy atom. The van der Waals surface area contributed by atoms with E-state index in [0.717, 1.165) is 30.2 Å². The van der Waals surface area contributed by atoms with E-state index >= 15 is 0 Å². The number of nitrogens with zero attached hydrogens (tertiary/aromatic N) is 1. The summed E-state index contributed by atoms with van der Waals surface area (Å²) in [5.41, 5.74) is 0.993. The molecule has 5 heteroatoms. The van der Waals surface area contributed by atoms with Crippen molar-refractivity contribution in [2.75, 3.05) is 24.6 Å². The predicted molar refractivity (Wildman–Crippen MR) is 71.0 cm³/mol. The molecule has 18 heavy (non-hydrogen) atoms. The van der Waals surface area contributed by atoms with Gasteiger partial charge in [0.25, 0.3) is 0 Å². The normalized spacial score (nSPS) is 15.4. The van der Waals surface area contributed by atoms with Gasteiger partial charge in [0.1, 0.15) is 0 Å². The number of carbonyl (C=O) groups is 2. The van der Waals surface area contributed by atoms with Gasteiger partial charge in [-0.25, -0.2) is 4.79 Å². The molecule has 0 aliphatic carbocycles. The fourth-order valence-electron chi connectivity index (χ4n) is 1.91. The van der Waals surface area contributed by atoms with E-state index in [2.05, 4.69) is 0 Å². The monoisotopic (exact) mass is 265 g/mol. The summed E-state index contributed by atoms with van der Waals surface area (Å²) in [5, 5.41) is 8.89. The Hall–Kier alpha value is -1.49. The Kier molecular flexibility index (Phi) is 4.25. The van der Waals surface area contributed by atoms with E-state index < -0.39 is 5.97 Å². The Labute approximate surface area is 110 Å². The zero-order valence-corrected chi connectivity index (χ0v) is 10.8. The number of hydrogen-bond donors (Lipinski definition) is 1. The fraction of sp³-hybridized carbons (Fsp3) is 0.385. The van der Waals surface area contributed by atoms with Crippen LogP contribution >= 0.6 is 11.8 Å². The summed E-state index contributed by atoms with van der Waals surface area (Å²) in [6.07, 6.45) is 0.284. The van der Waals surface area contributed by atoms with Gasteiger partial charge in [0.15, 0.2) is 0 Å². The van der Waals surface area contributed by atoms with E-state index in [0.29, 0.717) is 0 Å². The number of carboxylic acid groups (broad SMARTS) is 1. The van der Waals surface area contributed by atoms with Crippen molar-refractivity contribution in [2.24, 2.45) is 0 Å². The Morgan fingerprint density at radius 1 is 1.28 bits per heavy atom. The lowest BCUT2D eigenvalue weighted by atomic mass is 10.1. The molecule has 1 saturated heterocycles. The highest BCUT2D eigenvalue weighted by Gasteiger charge is 2.17. The highest BCUT2D eigenvalue weighted by molar-refractivity contribution is 7.99. The van der Waals surface area contributed by atoms with Crippen LogP contribution in [0.3, 0.4) is 0 Å². The molecule has 1 aliphatic heterocycles. The van der Waals surface area contributed by atoms with Crippen molar-refractivity contribution in [3.63, 3.8) is 0 Å². The van der Waals surface area contributed by atoms with E-state index in [9.17, 15) is 9.59 Å². The molecule has 1 fully saturated rings. The van der Waals surface area contributed by atoms with Crippen LogP contribution in [0, 0.1) is 0 Å². The van der Waals surface area contributed by atoms with Crippen LogP contribution in [0.4, 0.5) is 0 Å². The molecule has 1 aliphatic rings. The second kappa shape index (κ2) is 5.91. The van der Waals surface area contributed by atoms with Gasteiger partial charge in [-0.2, -0.15) is 11.8 Å². The molecule has 0 aromatic heterocycles. The summed E-state index contributed by atoms with van der Waals surface area (Å²) < 4.78 is 0. The zero-order chi connectivity index (χ0) is 13.0. The van der Waals surface area contributed by atoms with Gasteiger partial charge in [0.05, 0.1) is 12.0 Å². The van der Waals surface area contributed by atoms with Crippen LogP contribution in [0.2, 0.25) is 0 Å². The number of benzene rings is 1. The lowest BCUT2D eigenvalue weighted by Gasteiger charge is -2.26. The predicted octanol–water partition coefficient (Wildman–Crippen LogP) is 1.50. The zero-order valence-electron chi connectivity index (χ0n) is 9.96. The first-order valence-electron chi connectivity index (χ1n) is 5.84. The molecular formula is C13H15NO3S. The Bertz CT molecular complexity index is 455. The summed E-state index contributed by atoms with van der Waals surface area (Å²) in [4.78, 5) is 24.7. The first kappa shape index (κ1) is 13.0. The lowest BCUT2D eigenvalue weighted by molar-refractivity contribution is -0.130. The van der Waals surface area contributed by atoms with Crippen molar-refractivity contribution in [3.05, 3.63) is 35.4 Å². The minimum atomic E-state index is -0.960. The standard InChI is InChI=1S/C13H15NO3S/c15-12(14-4-6-18-7-5-14)9-10-2-1-3-11(8-10)13(16)17/h1-3,8H,4-7,9H2,(H,16,17). The number of thioether (sulfide) groups is 1. The topological polar surface area (TPSA) is 57.6 Å². The van der Waals surface area contributed by atoms with Gasteiger partial charge in [-0.1, -0.05) is 12.1 Å². The molecule has 96 valence electrons. The van der Waals surface area contributed by atoms with Gasteiger partial charge in [0, 0.05) is 24.6 Å². The van der Waals surface area contributed by atoms with E-state index in [4.69, 9.17) is 5.11 Å². The van der Waals surface area contributed by atoms with Gasteiger partial charge in [-0.15, -0.1) is 0 Å². The number of rotatable bonds is 3. The SMILES string of the molecule is O=C(O)c1cccc(CC(=O)N2CCSCC2)c1. The maximum Gasteiger partial charge on any atom is 0.335 e. The van der Waals surface area contributed by atoms with E-state index in [1.165, 1.54) is 6.07 Å². The summed E-state index contributed by atoms with van der Waals surface area (Å²) in [5.74, 6) is 1.10. The molecule has 1 heterocycles. The van der Waals surface area contributed by atoms with Crippen molar-refractivity contribution >= 4 is 23.6 Å². The highest BCUT2D eigenvalue weighted by Crippen LogP contribution is 2.12. The number of carboxylic acids is 1. The summed E-state index contributed by atoms with van der Waals surface area (Å²) in [6.45, 7) is 1.59. The van der Waals surface area contributed by atoms with Crippen LogP contribution in [0.1, 0.15) is 15.9 Å². The van der Waals surface area contributed by atoms with Crippen LogP contribution in [0.15, 0.2) is 24.3 Å². The molecule has 0 spiro atoms. The third-order valence-corrected chi connectivity index (χ3v) is 3.84. The van der Waals surface area contributed by atoms with Crippen molar-refractivity contribution in [3.8, 4) is 0 Å². The van der Waals surface area contributed by atoms with E-state index in [-0.39, 0.29) is 17.9 Å². The van der Waals surface area contributed by atoms with Crippen LogP contribution < -0.4 is 0 Å². The number of amides is 1. The van der Waals surface area contributed by atoms with Crippen LogP contribution in [-0.4, -0.2) is 46.5 Å². The molecule has 0 radical (unpaired) electrons. The van der Waals surface area contributed by atoms with Crippen molar-refractivity contribution in [1.29, 1.82) is 0 Å². The molecule has 1 N–H and O–H groups in total. The fourth-order valence-corrected chi connectivity index (χ4v) is 2.82. The van der Waals surface area contributed by atoms with Gasteiger partial charge < -0.3 is 10.0 Å². The molecular weight excluding hydrogens is 250 g/mol. The largest absolute Gasteiger partial charge is 0.478 e. The average molecular weight is 265 g/mol. The van der Waals surface area contributed by atoms with Gasteiger partial charge >= 0.3 is 5.97 Å². The molecule has 1 aromatic rings. The average Bonchev–Trinajstić information content (AvgIpc) is 2.40. The van der Waals surface area contributed by atoms with Crippen LogP contribution in [0.5, 0.6) is 0 Å². The molecule has 0 unspecified atom stereocenters. The van der Waals surface area contributed by atoms with Crippen molar-refractivity contribution in [2.45, 2.75) is 6.42 Å². The maximum atomic E-state index is 12.0. The first-order chi connectivity index (χ1) is 8.66. The molecule has 0 atom stereocenters. The molecule has 0 bridgehead atoms. The van der Waals surface area contributed by atoms with Crippen LogP contribution in [0.25, 0.3) is 0 Å². The first-order valence-corrected chi connectivity index (χ1v) is 7.00. The van der Waals surface area contributed by atoms with E-state index in [1.807, 2.05) is 16.7 Å². The smallest absolute Gasteiger partial charge is 0.335 e. The van der Waals surface area contributed by atoms with Crippen molar-refractivity contribution in [1.82, 2.24) is 4.90 Å². The van der Waals surface area contributed by atoms with Crippen LogP contribution in [-0.2, 0) is 11.2 Å². The number of aromatic carboxylic acids is 1. The third-order valence-electron chi connectivity index (χ3n) is 2.89. The Morgan fingerprint density at radius 3 is 2.67 bits per heavy atom. The molecule has 4 nitrogen and oxygen atoms in total. The molecule has 1 amide bonds. The minimum absolute atomic E-state index is 0.0813. The number of carbonyl (C=O) groups excluding carboxylic acids is 1. The number of hydrogen-bond acceptors (Lipinski definition) is 3. The maximum absolute atomic E-state index is 12.0. The van der Waals surface area contributed by atoms with Gasteiger partial charge in [-0.05, 0) is 17.7 Å².